The van der Waals surface area contributed by atoms with Gasteiger partial charge in [-0.15, -0.1) is 0 Å². The molecule has 0 atom stereocenters. The lowest BCUT2D eigenvalue weighted by molar-refractivity contribution is 0.351. The summed E-state index contributed by atoms with van der Waals surface area (Å²) in [5, 5.41) is 20.7. The fraction of sp³-hybridized carbons (Fsp3) is 0.294. The zero-order chi connectivity index (χ0) is 15.9. The molecular formula is C17H18O5. The molecule has 5 nitrogen and oxygen atoms in total. The number of benzene rings is 2. The van der Waals surface area contributed by atoms with E-state index < -0.39 is 0 Å². The van der Waals surface area contributed by atoms with E-state index >= 15 is 0 Å². The molecule has 0 fully saturated rings. The van der Waals surface area contributed by atoms with E-state index in [0.717, 1.165) is 11.1 Å². The molecular weight excluding hydrogens is 284 g/mol. The number of fused-ring (bicyclic) bond motifs is 3. The third-order valence-electron chi connectivity index (χ3n) is 4.06. The van der Waals surface area contributed by atoms with Crippen LogP contribution in [0.3, 0.4) is 0 Å². The van der Waals surface area contributed by atoms with Crippen molar-refractivity contribution in [1.29, 1.82) is 0 Å². The van der Waals surface area contributed by atoms with Crippen molar-refractivity contribution in [3.05, 3.63) is 29.3 Å². The lowest BCUT2D eigenvalue weighted by atomic mass is 9.83. The first-order valence-electron chi connectivity index (χ1n) is 6.97. The van der Waals surface area contributed by atoms with Crippen molar-refractivity contribution < 1.29 is 24.4 Å². The Morgan fingerprint density at radius 3 is 2.23 bits per heavy atom. The van der Waals surface area contributed by atoms with Gasteiger partial charge in [0.05, 0.1) is 21.3 Å². The van der Waals surface area contributed by atoms with Gasteiger partial charge in [0.1, 0.15) is 17.2 Å². The lowest BCUT2D eigenvalue weighted by Gasteiger charge is -2.25. The third-order valence-corrected chi connectivity index (χ3v) is 4.06. The average molecular weight is 302 g/mol. The van der Waals surface area contributed by atoms with Crippen molar-refractivity contribution in [2.45, 2.75) is 12.8 Å². The average Bonchev–Trinajstić information content (AvgIpc) is 2.53. The highest BCUT2D eigenvalue weighted by Gasteiger charge is 2.28. The molecule has 116 valence electrons. The first-order chi connectivity index (χ1) is 10.6. The number of phenols is 2. The molecule has 0 radical (unpaired) electrons. The van der Waals surface area contributed by atoms with Crippen LogP contribution >= 0.6 is 0 Å². The van der Waals surface area contributed by atoms with Gasteiger partial charge in [0.2, 0.25) is 0 Å². The van der Waals surface area contributed by atoms with Crippen molar-refractivity contribution in [2.75, 3.05) is 21.3 Å². The number of ether oxygens (including phenoxy) is 3. The molecule has 2 aromatic carbocycles. The van der Waals surface area contributed by atoms with Crippen LogP contribution in [0, 0.1) is 0 Å². The summed E-state index contributed by atoms with van der Waals surface area (Å²) < 4.78 is 16.0. The molecule has 2 N–H and O–H groups in total. The minimum absolute atomic E-state index is 0.0984. The Morgan fingerprint density at radius 1 is 0.818 bits per heavy atom. The predicted octanol–water partition coefficient (Wildman–Crippen LogP) is 2.89. The molecule has 0 saturated heterocycles. The van der Waals surface area contributed by atoms with Crippen LogP contribution < -0.4 is 14.2 Å². The summed E-state index contributed by atoms with van der Waals surface area (Å²) in [6.07, 6.45) is 1.36. The molecule has 0 aliphatic heterocycles. The maximum atomic E-state index is 10.4. The molecule has 2 aromatic rings. The number of phenolic OH excluding ortho intramolecular Hbond substituents is 2. The Labute approximate surface area is 128 Å². The Balaban J connectivity index is 2.36. The summed E-state index contributed by atoms with van der Waals surface area (Å²) in [7, 11) is 4.62. The molecule has 0 amide bonds. The highest BCUT2D eigenvalue weighted by molar-refractivity contribution is 5.87. The van der Waals surface area contributed by atoms with Crippen molar-refractivity contribution >= 4 is 0 Å². The monoisotopic (exact) mass is 302 g/mol. The number of hydrogen-bond acceptors (Lipinski definition) is 5. The number of aryl methyl sites for hydroxylation is 1. The Hall–Kier alpha value is -2.56. The lowest BCUT2D eigenvalue weighted by Crippen LogP contribution is -2.07. The van der Waals surface area contributed by atoms with Crippen LogP contribution in [0.1, 0.15) is 11.1 Å². The highest BCUT2D eigenvalue weighted by atomic mass is 16.5. The van der Waals surface area contributed by atoms with E-state index in [1.165, 1.54) is 7.11 Å². The molecule has 3 rings (SSSR count). The molecule has 22 heavy (non-hydrogen) atoms. The maximum absolute atomic E-state index is 10.4. The van der Waals surface area contributed by atoms with Gasteiger partial charge in [-0.05, 0) is 24.5 Å². The second kappa shape index (κ2) is 5.33. The van der Waals surface area contributed by atoms with E-state index in [4.69, 9.17) is 14.2 Å². The topological polar surface area (TPSA) is 68.2 Å². The first kappa shape index (κ1) is 14.4. The summed E-state index contributed by atoms with van der Waals surface area (Å²) in [5.74, 6) is 1.79. The standard InChI is InChI=1S/C17H18O5/c1-20-10-6-9-4-5-11-12(18)8-14(21-2)17(22-3)16(11)15(9)13(19)7-10/h6-8,18-19H,4-5H2,1-3H3. The van der Waals surface area contributed by atoms with Gasteiger partial charge >= 0.3 is 0 Å². The van der Waals surface area contributed by atoms with Crippen molar-refractivity contribution in [2.24, 2.45) is 0 Å². The fourth-order valence-electron chi connectivity index (χ4n) is 3.06. The summed E-state index contributed by atoms with van der Waals surface area (Å²) >= 11 is 0. The van der Waals surface area contributed by atoms with Crippen molar-refractivity contribution in [3.63, 3.8) is 0 Å². The normalized spacial score (nSPS) is 12.3. The zero-order valence-corrected chi connectivity index (χ0v) is 12.8. The number of aromatic hydroxyl groups is 2. The van der Waals surface area contributed by atoms with Crippen molar-refractivity contribution in [1.82, 2.24) is 0 Å². The van der Waals surface area contributed by atoms with Crippen LogP contribution in [0.4, 0.5) is 0 Å². The number of methoxy groups -OCH3 is 3. The van der Waals surface area contributed by atoms with Crippen LogP contribution in [-0.4, -0.2) is 31.5 Å². The van der Waals surface area contributed by atoms with E-state index in [-0.39, 0.29) is 11.5 Å². The first-order valence-corrected chi connectivity index (χ1v) is 6.97. The minimum atomic E-state index is 0.0984. The molecule has 1 aliphatic rings. The SMILES string of the molecule is COc1cc(O)c2c(c1)CCc1c(O)cc(OC)c(OC)c1-2. The highest BCUT2D eigenvalue weighted by Crippen LogP contribution is 2.52. The minimum Gasteiger partial charge on any atom is -0.508 e. The van der Waals surface area contributed by atoms with E-state index in [1.807, 2.05) is 6.07 Å². The molecule has 0 aromatic heterocycles. The Morgan fingerprint density at radius 2 is 1.59 bits per heavy atom. The van der Waals surface area contributed by atoms with Gasteiger partial charge in [0, 0.05) is 28.8 Å². The summed E-state index contributed by atoms with van der Waals surface area (Å²) in [4.78, 5) is 0. The molecule has 0 saturated carbocycles. The Bertz CT molecular complexity index is 737. The van der Waals surface area contributed by atoms with Gasteiger partial charge in [0.25, 0.3) is 0 Å². The predicted molar refractivity (Wildman–Crippen MR) is 82.3 cm³/mol. The molecule has 1 aliphatic carbocycles. The van der Waals surface area contributed by atoms with Gasteiger partial charge in [0.15, 0.2) is 11.5 Å². The van der Waals surface area contributed by atoms with Crippen LogP contribution in [0.5, 0.6) is 28.7 Å². The van der Waals surface area contributed by atoms with E-state index in [9.17, 15) is 10.2 Å². The van der Waals surface area contributed by atoms with E-state index in [0.29, 0.717) is 41.2 Å². The summed E-state index contributed by atoms with van der Waals surface area (Å²) in [5.41, 5.74) is 3.05. The summed E-state index contributed by atoms with van der Waals surface area (Å²) in [6, 6.07) is 5.00. The third kappa shape index (κ3) is 2.01. The van der Waals surface area contributed by atoms with Gasteiger partial charge in [-0.2, -0.15) is 0 Å². The van der Waals surface area contributed by atoms with E-state index in [1.54, 1.807) is 26.4 Å². The summed E-state index contributed by atoms with van der Waals surface area (Å²) in [6.45, 7) is 0. The second-order valence-corrected chi connectivity index (χ2v) is 5.17. The van der Waals surface area contributed by atoms with E-state index in [2.05, 4.69) is 0 Å². The van der Waals surface area contributed by atoms with Crippen LogP contribution in [-0.2, 0) is 12.8 Å². The van der Waals surface area contributed by atoms with Gasteiger partial charge in [-0.3, -0.25) is 0 Å². The van der Waals surface area contributed by atoms with Crippen LogP contribution in [0.25, 0.3) is 11.1 Å². The second-order valence-electron chi connectivity index (χ2n) is 5.17. The molecule has 0 unspecified atom stereocenters. The molecule has 0 bridgehead atoms. The van der Waals surface area contributed by atoms with Gasteiger partial charge < -0.3 is 24.4 Å². The van der Waals surface area contributed by atoms with Gasteiger partial charge in [-0.1, -0.05) is 0 Å². The largest absolute Gasteiger partial charge is 0.508 e. The fourth-order valence-corrected chi connectivity index (χ4v) is 3.06. The number of hydrogen-bond donors (Lipinski definition) is 2. The molecule has 0 spiro atoms. The number of rotatable bonds is 3. The quantitative estimate of drug-likeness (QED) is 0.912. The van der Waals surface area contributed by atoms with Crippen LogP contribution in [0.2, 0.25) is 0 Å². The maximum Gasteiger partial charge on any atom is 0.169 e. The van der Waals surface area contributed by atoms with Crippen LogP contribution in [0.15, 0.2) is 18.2 Å². The van der Waals surface area contributed by atoms with Crippen molar-refractivity contribution in [3.8, 4) is 39.9 Å². The van der Waals surface area contributed by atoms with Gasteiger partial charge in [-0.25, -0.2) is 0 Å². The Kier molecular flexibility index (Phi) is 3.48. The smallest absolute Gasteiger partial charge is 0.169 e. The zero-order valence-electron chi connectivity index (χ0n) is 12.8. The molecule has 5 heteroatoms. The molecule has 0 heterocycles.